The number of rotatable bonds is 4. The molecule has 4 nitrogen and oxygen atoms in total. The summed E-state index contributed by atoms with van der Waals surface area (Å²) in [5, 5.41) is 1.07. The van der Waals surface area contributed by atoms with E-state index in [2.05, 4.69) is 5.43 Å². The maximum Gasteiger partial charge on any atom is 0.285 e. The van der Waals surface area contributed by atoms with Gasteiger partial charge in [0.1, 0.15) is 5.82 Å². The summed E-state index contributed by atoms with van der Waals surface area (Å²) in [4.78, 5) is 24.9. The van der Waals surface area contributed by atoms with Gasteiger partial charge in [0.15, 0.2) is 4.32 Å². The van der Waals surface area contributed by atoms with Crippen LogP contribution < -0.4 is 5.43 Å². The number of carbonyl (C=O) groups is 2. The molecule has 2 aromatic carbocycles. The van der Waals surface area contributed by atoms with Gasteiger partial charge < -0.3 is 0 Å². The van der Waals surface area contributed by atoms with Crippen LogP contribution in [0.2, 0.25) is 0 Å². The number of benzene rings is 2. The highest BCUT2D eigenvalue weighted by molar-refractivity contribution is 8.26. The maximum absolute atomic E-state index is 13.0. The third kappa shape index (κ3) is 4.32. The molecular formula is C18H13FN2O2S2. The molecule has 0 aromatic heterocycles. The summed E-state index contributed by atoms with van der Waals surface area (Å²) < 4.78 is 13.2. The molecule has 1 N–H and O–H groups in total. The van der Waals surface area contributed by atoms with Gasteiger partial charge in [0, 0.05) is 0 Å². The molecular weight excluding hydrogens is 359 g/mol. The van der Waals surface area contributed by atoms with Gasteiger partial charge in [-0.15, -0.1) is 0 Å². The van der Waals surface area contributed by atoms with Crippen molar-refractivity contribution in [2.75, 3.05) is 0 Å². The molecule has 0 radical (unpaired) electrons. The van der Waals surface area contributed by atoms with Crippen molar-refractivity contribution < 1.29 is 14.0 Å². The fourth-order valence-corrected chi connectivity index (χ4v) is 3.40. The minimum atomic E-state index is -0.402. The minimum Gasteiger partial charge on any atom is -0.273 e. The van der Waals surface area contributed by atoms with Gasteiger partial charge in [-0.25, -0.2) is 4.39 Å². The Kier molecular flexibility index (Phi) is 5.25. The van der Waals surface area contributed by atoms with Crippen molar-refractivity contribution in [3.05, 3.63) is 76.4 Å². The molecule has 1 aliphatic heterocycles. The number of amides is 2. The lowest BCUT2D eigenvalue weighted by molar-refractivity contribution is -0.132. The Morgan fingerprint density at radius 3 is 2.52 bits per heavy atom. The van der Waals surface area contributed by atoms with Gasteiger partial charge in [-0.05, 0) is 41.6 Å². The first kappa shape index (κ1) is 17.3. The van der Waals surface area contributed by atoms with E-state index in [0.29, 0.717) is 10.5 Å². The van der Waals surface area contributed by atoms with E-state index in [1.807, 2.05) is 30.3 Å². The molecule has 2 amide bonds. The topological polar surface area (TPSA) is 49.4 Å². The van der Waals surface area contributed by atoms with Crippen LogP contribution in [-0.2, 0) is 16.0 Å². The molecule has 0 unspecified atom stereocenters. The number of carbonyl (C=O) groups excluding carboxylic acids is 2. The highest BCUT2D eigenvalue weighted by Crippen LogP contribution is 2.31. The summed E-state index contributed by atoms with van der Waals surface area (Å²) in [6, 6.07) is 15.0. The van der Waals surface area contributed by atoms with E-state index in [1.54, 1.807) is 18.2 Å². The smallest absolute Gasteiger partial charge is 0.273 e. The first-order valence-electron chi connectivity index (χ1n) is 7.40. The molecule has 3 rings (SSSR count). The van der Waals surface area contributed by atoms with Crippen LogP contribution in [0.25, 0.3) is 6.08 Å². The van der Waals surface area contributed by atoms with Crippen molar-refractivity contribution in [2.24, 2.45) is 0 Å². The Morgan fingerprint density at radius 2 is 1.84 bits per heavy atom. The normalized spacial score (nSPS) is 15.7. The van der Waals surface area contributed by atoms with Gasteiger partial charge >= 0.3 is 0 Å². The highest BCUT2D eigenvalue weighted by atomic mass is 32.2. The summed E-state index contributed by atoms with van der Waals surface area (Å²) in [6.07, 6.45) is 1.76. The van der Waals surface area contributed by atoms with Crippen LogP contribution in [0.15, 0.2) is 59.5 Å². The van der Waals surface area contributed by atoms with E-state index >= 15 is 0 Å². The number of hydrogen-bond donors (Lipinski definition) is 1. The third-order valence-electron chi connectivity index (χ3n) is 3.41. The van der Waals surface area contributed by atoms with E-state index in [0.717, 1.165) is 22.3 Å². The first-order chi connectivity index (χ1) is 12.0. The number of halogens is 1. The quantitative estimate of drug-likeness (QED) is 0.661. The number of nitrogens with zero attached hydrogens (tertiary/aromatic N) is 1. The van der Waals surface area contributed by atoms with Crippen LogP contribution >= 0.6 is 24.0 Å². The second kappa shape index (κ2) is 7.58. The predicted molar refractivity (Wildman–Crippen MR) is 99.7 cm³/mol. The van der Waals surface area contributed by atoms with E-state index in [1.165, 1.54) is 12.1 Å². The van der Waals surface area contributed by atoms with Crippen molar-refractivity contribution in [2.45, 2.75) is 6.42 Å². The van der Waals surface area contributed by atoms with Crippen molar-refractivity contribution in [3.63, 3.8) is 0 Å². The lowest BCUT2D eigenvalue weighted by atomic mass is 10.1. The lowest BCUT2D eigenvalue weighted by Crippen LogP contribution is -2.45. The molecule has 2 aromatic rings. The molecule has 1 heterocycles. The van der Waals surface area contributed by atoms with E-state index < -0.39 is 5.91 Å². The largest absolute Gasteiger partial charge is 0.285 e. The molecule has 1 fully saturated rings. The molecule has 0 bridgehead atoms. The SMILES string of the molecule is O=C(Cc1ccccc1)NN1C(=O)C(=Cc2ccc(F)cc2)SC1=S. The van der Waals surface area contributed by atoms with Gasteiger partial charge in [0.25, 0.3) is 5.91 Å². The monoisotopic (exact) mass is 372 g/mol. The minimum absolute atomic E-state index is 0.148. The maximum atomic E-state index is 13.0. The molecule has 126 valence electrons. The molecule has 0 atom stereocenters. The summed E-state index contributed by atoms with van der Waals surface area (Å²) >= 11 is 6.26. The Morgan fingerprint density at radius 1 is 1.16 bits per heavy atom. The van der Waals surface area contributed by atoms with Crippen LogP contribution in [0.4, 0.5) is 4.39 Å². The van der Waals surface area contributed by atoms with Crippen LogP contribution in [0.1, 0.15) is 11.1 Å². The van der Waals surface area contributed by atoms with Gasteiger partial charge in [-0.2, -0.15) is 5.01 Å². The third-order valence-corrected chi connectivity index (χ3v) is 4.71. The van der Waals surface area contributed by atoms with Crippen molar-refractivity contribution >= 4 is 46.2 Å². The van der Waals surface area contributed by atoms with E-state index in [9.17, 15) is 14.0 Å². The fourth-order valence-electron chi connectivity index (χ4n) is 2.22. The number of hydrogen-bond acceptors (Lipinski definition) is 4. The second-order valence-corrected chi connectivity index (χ2v) is 6.94. The molecule has 7 heteroatoms. The molecule has 0 saturated carbocycles. The highest BCUT2D eigenvalue weighted by Gasteiger charge is 2.33. The summed E-state index contributed by atoms with van der Waals surface area (Å²) in [5.74, 6) is -1.08. The summed E-state index contributed by atoms with van der Waals surface area (Å²) in [7, 11) is 0. The van der Waals surface area contributed by atoms with Gasteiger partial charge in [-0.3, -0.25) is 15.0 Å². The Bertz CT molecular complexity index is 851. The molecule has 0 spiro atoms. The van der Waals surface area contributed by atoms with E-state index in [-0.39, 0.29) is 22.5 Å². The molecule has 25 heavy (non-hydrogen) atoms. The average molecular weight is 372 g/mol. The van der Waals surface area contributed by atoms with Gasteiger partial charge in [0.05, 0.1) is 11.3 Å². The van der Waals surface area contributed by atoms with Gasteiger partial charge in [0.2, 0.25) is 5.91 Å². The summed E-state index contributed by atoms with van der Waals surface area (Å²) in [5.41, 5.74) is 4.05. The molecule has 1 aliphatic rings. The Balaban J connectivity index is 1.69. The van der Waals surface area contributed by atoms with Crippen LogP contribution in [-0.4, -0.2) is 21.1 Å². The number of thiocarbonyl (C=S) groups is 1. The number of thioether (sulfide) groups is 1. The molecule has 1 saturated heterocycles. The predicted octanol–water partition coefficient (Wildman–Crippen LogP) is 3.30. The van der Waals surface area contributed by atoms with Crippen molar-refractivity contribution in [1.82, 2.24) is 10.4 Å². The van der Waals surface area contributed by atoms with Crippen molar-refractivity contribution in [1.29, 1.82) is 0 Å². The molecule has 0 aliphatic carbocycles. The standard InChI is InChI=1S/C18H13FN2O2S2/c19-14-8-6-13(7-9-14)10-15-17(23)21(18(24)25-15)20-16(22)11-12-4-2-1-3-5-12/h1-10H,11H2,(H,20,22). The number of hydrazine groups is 1. The number of nitrogens with one attached hydrogen (secondary N) is 1. The second-order valence-electron chi connectivity index (χ2n) is 5.27. The zero-order valence-corrected chi connectivity index (χ0v) is 14.6. The average Bonchev–Trinajstić information content (AvgIpc) is 2.85. The summed E-state index contributed by atoms with van der Waals surface area (Å²) in [6.45, 7) is 0. The Hall–Kier alpha value is -2.51. The van der Waals surface area contributed by atoms with E-state index in [4.69, 9.17) is 12.2 Å². The van der Waals surface area contributed by atoms with Crippen LogP contribution in [0, 0.1) is 5.82 Å². The van der Waals surface area contributed by atoms with Crippen LogP contribution in [0.3, 0.4) is 0 Å². The fraction of sp³-hybridized carbons (Fsp3) is 0.0556. The van der Waals surface area contributed by atoms with Crippen LogP contribution in [0.5, 0.6) is 0 Å². The van der Waals surface area contributed by atoms with Crippen molar-refractivity contribution in [3.8, 4) is 0 Å². The zero-order valence-electron chi connectivity index (χ0n) is 12.9. The Labute approximate surface area is 153 Å². The zero-order chi connectivity index (χ0) is 17.8. The first-order valence-corrected chi connectivity index (χ1v) is 8.62. The lowest BCUT2D eigenvalue weighted by Gasteiger charge is -2.15. The van der Waals surface area contributed by atoms with Gasteiger partial charge in [-0.1, -0.05) is 54.2 Å².